The molecule has 0 aliphatic carbocycles. The molecule has 0 unspecified atom stereocenters. The lowest BCUT2D eigenvalue weighted by Crippen LogP contribution is -2.12. The zero-order chi connectivity index (χ0) is 13.1. The van der Waals surface area contributed by atoms with Crippen LogP contribution in [0.15, 0.2) is 42.5 Å². The molecular weight excluding hydrogens is 254 g/mol. The minimum absolute atomic E-state index is 0.0470. The molecule has 0 aliphatic rings. The molecule has 0 bridgehead atoms. The molecule has 0 heterocycles. The predicted molar refractivity (Wildman–Crippen MR) is 69.2 cm³/mol. The number of hydrogen-bond donors (Lipinski definition) is 3. The van der Waals surface area contributed by atoms with Gasteiger partial charge in [-0.3, -0.25) is 4.79 Å². The van der Waals surface area contributed by atoms with Gasteiger partial charge in [-0.05, 0) is 30.3 Å². The third-order valence-electron chi connectivity index (χ3n) is 2.36. The van der Waals surface area contributed by atoms with Gasteiger partial charge in [0.05, 0.1) is 11.3 Å². The van der Waals surface area contributed by atoms with Crippen LogP contribution in [-0.2, 0) is 0 Å². The van der Waals surface area contributed by atoms with Gasteiger partial charge in [-0.15, -0.1) is 0 Å². The molecular formula is C13H10ClNO3. The number of anilines is 1. The van der Waals surface area contributed by atoms with Crippen LogP contribution in [0.1, 0.15) is 10.4 Å². The summed E-state index contributed by atoms with van der Waals surface area (Å²) in [7, 11) is 0. The second-order valence-corrected chi connectivity index (χ2v) is 4.07. The number of carbonyl (C=O) groups is 1. The second kappa shape index (κ2) is 4.98. The first-order valence-corrected chi connectivity index (χ1v) is 5.53. The van der Waals surface area contributed by atoms with Gasteiger partial charge in [0.15, 0.2) is 0 Å². The van der Waals surface area contributed by atoms with Crippen molar-refractivity contribution in [3.8, 4) is 11.5 Å². The highest BCUT2D eigenvalue weighted by Gasteiger charge is 2.13. The highest BCUT2D eigenvalue weighted by atomic mass is 35.5. The molecule has 0 aromatic heterocycles. The highest BCUT2D eigenvalue weighted by Crippen LogP contribution is 2.25. The number of carbonyl (C=O) groups excluding carboxylic acids is 1. The van der Waals surface area contributed by atoms with Crippen molar-refractivity contribution < 1.29 is 15.0 Å². The number of benzene rings is 2. The lowest BCUT2D eigenvalue weighted by molar-refractivity contribution is 0.102. The van der Waals surface area contributed by atoms with E-state index in [2.05, 4.69) is 5.32 Å². The highest BCUT2D eigenvalue weighted by molar-refractivity contribution is 6.31. The number of amides is 1. The quantitative estimate of drug-likeness (QED) is 0.730. The molecule has 2 rings (SSSR count). The number of aromatic hydroxyl groups is 2. The van der Waals surface area contributed by atoms with Crippen LogP contribution >= 0.6 is 11.6 Å². The van der Waals surface area contributed by atoms with Crippen LogP contribution in [0.4, 0.5) is 5.69 Å². The topological polar surface area (TPSA) is 69.6 Å². The van der Waals surface area contributed by atoms with Crippen LogP contribution in [0.25, 0.3) is 0 Å². The fourth-order valence-electron chi connectivity index (χ4n) is 1.46. The molecule has 2 aromatic carbocycles. The van der Waals surface area contributed by atoms with Gasteiger partial charge in [0.2, 0.25) is 0 Å². The minimum atomic E-state index is -0.545. The molecule has 0 aliphatic heterocycles. The average Bonchev–Trinajstić information content (AvgIpc) is 2.35. The van der Waals surface area contributed by atoms with Gasteiger partial charge in [-0.1, -0.05) is 23.7 Å². The van der Waals surface area contributed by atoms with Gasteiger partial charge in [-0.2, -0.15) is 0 Å². The number of halogens is 1. The van der Waals surface area contributed by atoms with Crippen molar-refractivity contribution in [3.05, 3.63) is 53.1 Å². The van der Waals surface area contributed by atoms with E-state index in [0.717, 1.165) is 0 Å². The van der Waals surface area contributed by atoms with Crippen molar-refractivity contribution in [2.45, 2.75) is 0 Å². The van der Waals surface area contributed by atoms with Crippen LogP contribution in [0.5, 0.6) is 11.5 Å². The van der Waals surface area contributed by atoms with Gasteiger partial charge in [0, 0.05) is 5.02 Å². The van der Waals surface area contributed by atoms with Crippen molar-refractivity contribution in [3.63, 3.8) is 0 Å². The normalized spacial score (nSPS) is 10.1. The maximum Gasteiger partial charge on any atom is 0.259 e. The van der Waals surface area contributed by atoms with E-state index in [9.17, 15) is 15.0 Å². The monoisotopic (exact) mass is 263 g/mol. The number of para-hydroxylation sites is 2. The maximum atomic E-state index is 11.9. The standard InChI is InChI=1S/C13H10ClNO3/c14-8-5-6-11(16)9(7-8)13(18)15-10-3-1-2-4-12(10)17/h1-7,16-17H,(H,15,18). The molecule has 0 fully saturated rings. The van der Waals surface area contributed by atoms with Crippen molar-refractivity contribution in [2.24, 2.45) is 0 Å². The average molecular weight is 264 g/mol. The van der Waals surface area contributed by atoms with E-state index in [-0.39, 0.29) is 22.7 Å². The minimum Gasteiger partial charge on any atom is -0.507 e. The summed E-state index contributed by atoms with van der Waals surface area (Å²) in [4.78, 5) is 11.9. The number of hydrogen-bond acceptors (Lipinski definition) is 3. The van der Waals surface area contributed by atoms with Crippen molar-refractivity contribution in [1.82, 2.24) is 0 Å². The molecule has 0 saturated heterocycles. The Hall–Kier alpha value is -2.20. The van der Waals surface area contributed by atoms with Crippen LogP contribution in [-0.4, -0.2) is 16.1 Å². The molecule has 18 heavy (non-hydrogen) atoms. The SMILES string of the molecule is O=C(Nc1ccccc1O)c1cc(Cl)ccc1O. The van der Waals surface area contributed by atoms with Gasteiger partial charge < -0.3 is 15.5 Å². The molecule has 4 nitrogen and oxygen atoms in total. The molecule has 0 radical (unpaired) electrons. The molecule has 0 spiro atoms. The second-order valence-electron chi connectivity index (χ2n) is 3.63. The van der Waals surface area contributed by atoms with E-state index >= 15 is 0 Å². The third kappa shape index (κ3) is 2.55. The summed E-state index contributed by atoms with van der Waals surface area (Å²) in [6, 6.07) is 10.5. The zero-order valence-electron chi connectivity index (χ0n) is 9.22. The Morgan fingerprint density at radius 3 is 2.50 bits per heavy atom. The van der Waals surface area contributed by atoms with Crippen LogP contribution in [0.2, 0.25) is 5.02 Å². The summed E-state index contributed by atoms with van der Waals surface area (Å²) in [6.45, 7) is 0. The fraction of sp³-hybridized carbons (Fsp3) is 0. The maximum absolute atomic E-state index is 11.9. The first-order chi connectivity index (χ1) is 8.58. The molecule has 92 valence electrons. The first kappa shape index (κ1) is 12.3. The fourth-order valence-corrected chi connectivity index (χ4v) is 1.63. The number of phenols is 2. The van der Waals surface area contributed by atoms with E-state index < -0.39 is 5.91 Å². The van der Waals surface area contributed by atoms with Gasteiger partial charge in [-0.25, -0.2) is 0 Å². The van der Waals surface area contributed by atoms with Crippen molar-refractivity contribution >= 4 is 23.2 Å². The number of rotatable bonds is 2. The zero-order valence-corrected chi connectivity index (χ0v) is 9.98. The molecule has 3 N–H and O–H groups in total. The lowest BCUT2D eigenvalue weighted by atomic mass is 10.2. The Bertz CT molecular complexity index is 599. The van der Waals surface area contributed by atoms with E-state index in [0.29, 0.717) is 5.02 Å². The van der Waals surface area contributed by atoms with Crippen LogP contribution in [0, 0.1) is 0 Å². The van der Waals surface area contributed by atoms with Crippen molar-refractivity contribution in [2.75, 3.05) is 5.32 Å². The number of nitrogens with one attached hydrogen (secondary N) is 1. The number of phenolic OH excluding ortho intramolecular Hbond substituents is 2. The predicted octanol–water partition coefficient (Wildman–Crippen LogP) is 3.00. The van der Waals surface area contributed by atoms with Crippen LogP contribution in [0.3, 0.4) is 0 Å². The van der Waals surface area contributed by atoms with Crippen LogP contribution < -0.4 is 5.32 Å². The van der Waals surface area contributed by atoms with Gasteiger partial charge in [0.25, 0.3) is 5.91 Å². The molecule has 0 saturated carbocycles. The largest absolute Gasteiger partial charge is 0.507 e. The molecule has 0 atom stereocenters. The Kier molecular flexibility index (Phi) is 3.39. The van der Waals surface area contributed by atoms with E-state index in [1.807, 2.05) is 0 Å². The summed E-state index contributed by atoms with van der Waals surface area (Å²) in [5.41, 5.74) is 0.313. The first-order valence-electron chi connectivity index (χ1n) is 5.16. The Balaban J connectivity index is 2.28. The summed E-state index contributed by atoms with van der Waals surface area (Å²) in [6.07, 6.45) is 0. The molecule has 1 amide bonds. The molecule has 5 heteroatoms. The Morgan fingerprint density at radius 2 is 1.78 bits per heavy atom. The van der Waals surface area contributed by atoms with E-state index in [1.165, 1.54) is 24.3 Å². The Morgan fingerprint density at radius 1 is 1.06 bits per heavy atom. The van der Waals surface area contributed by atoms with Crippen molar-refractivity contribution in [1.29, 1.82) is 0 Å². The lowest BCUT2D eigenvalue weighted by Gasteiger charge is -2.08. The summed E-state index contributed by atoms with van der Waals surface area (Å²) in [5, 5.41) is 21.9. The van der Waals surface area contributed by atoms with E-state index in [4.69, 9.17) is 11.6 Å². The van der Waals surface area contributed by atoms with Gasteiger partial charge in [0.1, 0.15) is 11.5 Å². The van der Waals surface area contributed by atoms with Gasteiger partial charge >= 0.3 is 0 Å². The summed E-state index contributed by atoms with van der Waals surface area (Å²) in [5.74, 6) is -0.767. The van der Waals surface area contributed by atoms with E-state index in [1.54, 1.807) is 18.2 Å². The molecule has 2 aromatic rings. The summed E-state index contributed by atoms with van der Waals surface area (Å²) < 4.78 is 0. The third-order valence-corrected chi connectivity index (χ3v) is 2.59. The smallest absolute Gasteiger partial charge is 0.259 e. The Labute approximate surface area is 108 Å². The summed E-state index contributed by atoms with van der Waals surface area (Å²) >= 11 is 5.75.